The van der Waals surface area contributed by atoms with E-state index < -0.39 is 0 Å². The summed E-state index contributed by atoms with van der Waals surface area (Å²) in [4.78, 5) is 16.7. The summed E-state index contributed by atoms with van der Waals surface area (Å²) in [7, 11) is 0. The fraction of sp³-hybridized carbons (Fsp3) is 0.929. The number of rotatable bonds is 5. The molecule has 2 atom stereocenters. The molecular formula is C14H26N2O2. The molecule has 4 nitrogen and oxygen atoms in total. The molecular weight excluding hydrogens is 228 g/mol. The molecule has 2 rings (SSSR count). The Morgan fingerprint density at radius 3 is 2.72 bits per heavy atom. The monoisotopic (exact) mass is 254 g/mol. The van der Waals surface area contributed by atoms with Gasteiger partial charge in [0.1, 0.15) is 0 Å². The minimum atomic E-state index is 0.109. The first-order chi connectivity index (χ1) is 8.63. The van der Waals surface area contributed by atoms with Crippen LogP contribution in [0.5, 0.6) is 0 Å². The predicted octanol–water partition coefficient (Wildman–Crippen LogP) is 1.35. The highest BCUT2D eigenvalue weighted by molar-refractivity contribution is 5.84. The van der Waals surface area contributed by atoms with E-state index in [-0.39, 0.29) is 6.04 Å². The minimum Gasteiger partial charge on any atom is -0.381 e. The van der Waals surface area contributed by atoms with Gasteiger partial charge in [-0.15, -0.1) is 0 Å². The Bertz CT molecular complexity index is 288. The maximum atomic E-state index is 12.4. The lowest BCUT2D eigenvalue weighted by atomic mass is 10.1. The van der Waals surface area contributed by atoms with Crippen molar-refractivity contribution in [3.05, 3.63) is 0 Å². The number of hydrogen-bond donors (Lipinski definition) is 0. The van der Waals surface area contributed by atoms with Gasteiger partial charge >= 0.3 is 0 Å². The summed E-state index contributed by atoms with van der Waals surface area (Å²) in [6, 6.07) is 0.439. The van der Waals surface area contributed by atoms with Crippen LogP contribution in [0.1, 0.15) is 33.6 Å². The van der Waals surface area contributed by atoms with Gasteiger partial charge in [0, 0.05) is 25.7 Å². The zero-order chi connectivity index (χ0) is 13.1. The molecule has 2 unspecified atom stereocenters. The molecule has 2 fully saturated rings. The summed E-state index contributed by atoms with van der Waals surface area (Å²) < 4.78 is 5.43. The lowest BCUT2D eigenvalue weighted by molar-refractivity contribution is -0.133. The summed E-state index contributed by atoms with van der Waals surface area (Å²) in [5.74, 6) is 0.941. The number of likely N-dealkylation sites (N-methyl/N-ethyl adjacent to an activating group) is 1. The summed E-state index contributed by atoms with van der Waals surface area (Å²) in [6.45, 7) is 11.0. The van der Waals surface area contributed by atoms with Crippen LogP contribution in [0.25, 0.3) is 0 Å². The average Bonchev–Trinajstić information content (AvgIpc) is 2.95. The quantitative estimate of drug-likeness (QED) is 0.742. The van der Waals surface area contributed by atoms with E-state index in [1.165, 1.54) is 0 Å². The number of nitrogens with zero attached hydrogens (tertiary/aromatic N) is 2. The van der Waals surface area contributed by atoms with Crippen molar-refractivity contribution in [3.63, 3.8) is 0 Å². The van der Waals surface area contributed by atoms with Crippen LogP contribution in [0.4, 0.5) is 0 Å². The second-order valence-corrected chi connectivity index (χ2v) is 5.75. The van der Waals surface area contributed by atoms with Gasteiger partial charge in [0.05, 0.1) is 12.6 Å². The van der Waals surface area contributed by atoms with E-state index in [0.717, 1.165) is 45.7 Å². The average molecular weight is 254 g/mol. The van der Waals surface area contributed by atoms with Crippen LogP contribution in [0.3, 0.4) is 0 Å². The molecule has 0 radical (unpaired) electrons. The molecule has 2 heterocycles. The van der Waals surface area contributed by atoms with Crippen LogP contribution in [-0.2, 0) is 9.53 Å². The van der Waals surface area contributed by atoms with Gasteiger partial charge < -0.3 is 9.64 Å². The van der Waals surface area contributed by atoms with E-state index in [9.17, 15) is 4.79 Å². The maximum Gasteiger partial charge on any atom is 0.240 e. The molecule has 0 aromatic heterocycles. The Morgan fingerprint density at radius 2 is 2.22 bits per heavy atom. The van der Waals surface area contributed by atoms with Gasteiger partial charge in [-0.2, -0.15) is 0 Å². The fourth-order valence-corrected chi connectivity index (χ4v) is 3.07. The van der Waals surface area contributed by atoms with E-state index in [0.29, 0.717) is 17.9 Å². The Balaban J connectivity index is 1.93. The highest BCUT2D eigenvalue weighted by atomic mass is 16.5. The highest BCUT2D eigenvalue weighted by Crippen LogP contribution is 2.22. The molecule has 2 saturated heterocycles. The van der Waals surface area contributed by atoms with Crippen molar-refractivity contribution in [3.8, 4) is 0 Å². The van der Waals surface area contributed by atoms with Gasteiger partial charge in [0.25, 0.3) is 0 Å². The van der Waals surface area contributed by atoms with Crippen molar-refractivity contribution in [1.82, 2.24) is 9.80 Å². The second kappa shape index (κ2) is 6.02. The van der Waals surface area contributed by atoms with Crippen LogP contribution < -0.4 is 0 Å². The lowest BCUT2D eigenvalue weighted by Crippen LogP contribution is -2.45. The molecule has 0 saturated carbocycles. The molecule has 0 aromatic rings. The zero-order valence-electron chi connectivity index (χ0n) is 11.9. The van der Waals surface area contributed by atoms with E-state index >= 15 is 0 Å². The number of hydrogen-bond acceptors (Lipinski definition) is 3. The minimum absolute atomic E-state index is 0.109. The van der Waals surface area contributed by atoms with Gasteiger partial charge in [0.2, 0.25) is 5.91 Å². The lowest BCUT2D eigenvalue weighted by Gasteiger charge is -2.29. The van der Waals surface area contributed by atoms with Crippen LogP contribution in [0.15, 0.2) is 0 Å². The Hall–Kier alpha value is -0.610. The second-order valence-electron chi connectivity index (χ2n) is 5.75. The smallest absolute Gasteiger partial charge is 0.240 e. The van der Waals surface area contributed by atoms with E-state index in [1.54, 1.807) is 0 Å². The van der Waals surface area contributed by atoms with Crippen molar-refractivity contribution < 1.29 is 9.53 Å². The molecule has 2 aliphatic heterocycles. The van der Waals surface area contributed by atoms with Gasteiger partial charge in [-0.05, 0) is 39.2 Å². The molecule has 4 heteroatoms. The SMILES string of the molecule is CCN(CC1CCOC1)C1CCN(C(C)C)C1=O. The molecule has 0 N–H and O–H groups in total. The van der Waals surface area contributed by atoms with Crippen molar-refractivity contribution in [2.45, 2.75) is 45.7 Å². The summed E-state index contributed by atoms with van der Waals surface area (Å²) >= 11 is 0. The zero-order valence-corrected chi connectivity index (χ0v) is 11.9. The van der Waals surface area contributed by atoms with Crippen molar-refractivity contribution in [1.29, 1.82) is 0 Å². The predicted molar refractivity (Wildman–Crippen MR) is 71.4 cm³/mol. The van der Waals surface area contributed by atoms with Crippen molar-refractivity contribution in [2.24, 2.45) is 5.92 Å². The molecule has 0 bridgehead atoms. The Kier molecular flexibility index (Phi) is 4.62. The topological polar surface area (TPSA) is 32.8 Å². The first kappa shape index (κ1) is 13.8. The van der Waals surface area contributed by atoms with Crippen molar-refractivity contribution >= 4 is 5.91 Å². The van der Waals surface area contributed by atoms with Gasteiger partial charge in [-0.25, -0.2) is 0 Å². The third-order valence-corrected chi connectivity index (χ3v) is 4.20. The standard InChI is InChI=1S/C14H26N2O2/c1-4-15(9-12-6-8-18-10-12)13-5-7-16(11(2)3)14(13)17/h11-13H,4-10H2,1-3H3. The summed E-state index contributed by atoms with van der Waals surface area (Å²) in [6.07, 6.45) is 2.13. The molecule has 0 spiro atoms. The summed E-state index contributed by atoms with van der Waals surface area (Å²) in [5.41, 5.74) is 0. The molecule has 104 valence electrons. The molecule has 0 aliphatic carbocycles. The first-order valence-corrected chi connectivity index (χ1v) is 7.25. The third-order valence-electron chi connectivity index (χ3n) is 4.20. The highest BCUT2D eigenvalue weighted by Gasteiger charge is 2.37. The van der Waals surface area contributed by atoms with Crippen LogP contribution in [0.2, 0.25) is 0 Å². The molecule has 18 heavy (non-hydrogen) atoms. The number of carbonyl (C=O) groups is 1. The number of likely N-dealkylation sites (tertiary alicyclic amines) is 1. The Labute approximate surface area is 110 Å². The normalized spacial score (nSPS) is 28.9. The number of amides is 1. The third kappa shape index (κ3) is 2.86. The van der Waals surface area contributed by atoms with Gasteiger partial charge in [-0.1, -0.05) is 6.92 Å². The van der Waals surface area contributed by atoms with Crippen molar-refractivity contribution in [2.75, 3.05) is 32.8 Å². The first-order valence-electron chi connectivity index (χ1n) is 7.25. The molecule has 0 aromatic carbocycles. The van der Waals surface area contributed by atoms with Crippen LogP contribution >= 0.6 is 0 Å². The van der Waals surface area contributed by atoms with E-state index in [4.69, 9.17) is 4.74 Å². The molecule has 2 aliphatic rings. The summed E-state index contributed by atoms with van der Waals surface area (Å²) in [5, 5.41) is 0. The Morgan fingerprint density at radius 1 is 1.44 bits per heavy atom. The van der Waals surface area contributed by atoms with E-state index in [1.807, 2.05) is 4.90 Å². The maximum absolute atomic E-state index is 12.4. The van der Waals surface area contributed by atoms with Gasteiger partial charge in [0.15, 0.2) is 0 Å². The van der Waals surface area contributed by atoms with Crippen LogP contribution in [-0.4, -0.2) is 60.6 Å². The van der Waals surface area contributed by atoms with E-state index in [2.05, 4.69) is 25.7 Å². The largest absolute Gasteiger partial charge is 0.381 e. The van der Waals surface area contributed by atoms with Crippen LogP contribution in [0, 0.1) is 5.92 Å². The molecule has 1 amide bonds. The fourth-order valence-electron chi connectivity index (χ4n) is 3.07. The van der Waals surface area contributed by atoms with Gasteiger partial charge in [-0.3, -0.25) is 9.69 Å². The number of ether oxygens (including phenoxy) is 1. The number of carbonyl (C=O) groups excluding carboxylic acids is 1.